The summed E-state index contributed by atoms with van der Waals surface area (Å²) >= 11 is 0. The number of rotatable bonds is 9. The molecule has 3 rings (SSSR count). The molecule has 1 aromatic heterocycles. The maximum absolute atomic E-state index is 13.6. The highest BCUT2D eigenvalue weighted by Gasteiger charge is 2.33. The fourth-order valence-electron chi connectivity index (χ4n) is 4.33. The monoisotopic (exact) mass is 443 g/mol. The third-order valence-corrected chi connectivity index (χ3v) is 6.02. The first kappa shape index (κ1) is 23.4. The Morgan fingerprint density at radius 1 is 1.25 bits per heavy atom. The number of nitrogens with zero attached hydrogens (tertiary/aromatic N) is 3. The van der Waals surface area contributed by atoms with Gasteiger partial charge in [-0.25, -0.2) is 4.79 Å². The van der Waals surface area contributed by atoms with E-state index in [0.29, 0.717) is 12.3 Å². The van der Waals surface area contributed by atoms with Crippen LogP contribution in [0.25, 0.3) is 0 Å². The molecule has 0 unspecified atom stereocenters. The number of carbonyl (C=O) groups excluding carboxylic acids is 1. The van der Waals surface area contributed by atoms with Crippen molar-refractivity contribution in [1.29, 1.82) is 0 Å². The highest BCUT2D eigenvalue weighted by Crippen LogP contribution is 2.31. The second-order valence-corrected chi connectivity index (χ2v) is 8.23. The highest BCUT2D eigenvalue weighted by atomic mass is 16.5. The summed E-state index contributed by atoms with van der Waals surface area (Å²) in [5, 5.41) is 0. The zero-order valence-electron chi connectivity index (χ0n) is 19.1. The zero-order valence-corrected chi connectivity index (χ0v) is 19.1. The molecule has 32 heavy (non-hydrogen) atoms. The minimum Gasteiger partial charge on any atom is -0.495 e. The van der Waals surface area contributed by atoms with Crippen molar-refractivity contribution >= 4 is 23.1 Å². The van der Waals surface area contributed by atoms with Gasteiger partial charge in [0.25, 0.3) is 5.56 Å². The molecular weight excluding hydrogens is 410 g/mol. The van der Waals surface area contributed by atoms with Crippen LogP contribution in [0.1, 0.15) is 45.4 Å². The Kier molecular flexibility index (Phi) is 7.61. The molecule has 0 aliphatic heterocycles. The molecule has 1 aliphatic rings. The molecule has 0 spiro atoms. The highest BCUT2D eigenvalue weighted by molar-refractivity contribution is 5.99. The Balaban J connectivity index is 2.00. The Labute approximate surface area is 187 Å². The second kappa shape index (κ2) is 10.4. The molecule has 0 bridgehead atoms. The van der Waals surface area contributed by atoms with Crippen LogP contribution >= 0.6 is 0 Å². The van der Waals surface area contributed by atoms with Gasteiger partial charge in [-0.1, -0.05) is 38.3 Å². The van der Waals surface area contributed by atoms with Crippen LogP contribution in [0, 0.1) is 0 Å². The Hall–Kier alpha value is -3.23. The number of benzene rings is 1. The van der Waals surface area contributed by atoms with Crippen molar-refractivity contribution in [1.82, 2.24) is 9.55 Å². The first-order valence-corrected chi connectivity index (χ1v) is 11.2. The summed E-state index contributed by atoms with van der Waals surface area (Å²) in [7, 11) is 3.39. The van der Waals surface area contributed by atoms with Crippen LogP contribution in [0.4, 0.5) is 17.2 Å². The van der Waals surface area contributed by atoms with Crippen LogP contribution < -0.4 is 31.5 Å². The number of ether oxygens (including phenoxy) is 1. The van der Waals surface area contributed by atoms with Gasteiger partial charge in [0.05, 0.1) is 19.3 Å². The van der Waals surface area contributed by atoms with Crippen LogP contribution in [0.15, 0.2) is 33.9 Å². The summed E-state index contributed by atoms with van der Waals surface area (Å²) in [5.41, 5.74) is 6.01. The smallest absolute Gasteiger partial charge is 0.330 e. The number of aromatic nitrogens is 2. The first-order chi connectivity index (χ1) is 15.4. The number of nitrogens with one attached hydrogen (secondary N) is 1. The number of amides is 1. The number of anilines is 3. The van der Waals surface area contributed by atoms with Gasteiger partial charge < -0.3 is 15.4 Å². The molecule has 0 atom stereocenters. The van der Waals surface area contributed by atoms with Crippen molar-refractivity contribution in [3.05, 3.63) is 45.1 Å². The largest absolute Gasteiger partial charge is 0.495 e. The zero-order chi connectivity index (χ0) is 23.3. The topological polar surface area (TPSA) is 114 Å². The summed E-state index contributed by atoms with van der Waals surface area (Å²) in [4.78, 5) is 44.5. The molecule has 1 aliphatic carbocycles. The van der Waals surface area contributed by atoms with Crippen molar-refractivity contribution in [2.24, 2.45) is 0 Å². The molecule has 1 heterocycles. The van der Waals surface area contributed by atoms with E-state index in [1.54, 1.807) is 19.1 Å². The standard InChI is InChI=1S/C23H33N5O4/c1-4-5-14-27-21(24)20(22(30)25-23(27)31)28(16-10-6-7-11-16)19(29)15-26(2)17-12-8-9-13-18(17)32-3/h8-9,12-13,16H,4-7,10-11,14-15,24H2,1-3H3,(H,25,30,31). The van der Waals surface area contributed by atoms with E-state index in [1.807, 2.05) is 31.2 Å². The van der Waals surface area contributed by atoms with Crippen LogP contribution in [0.2, 0.25) is 0 Å². The van der Waals surface area contributed by atoms with Gasteiger partial charge in [0.1, 0.15) is 11.6 Å². The van der Waals surface area contributed by atoms with E-state index in [1.165, 1.54) is 9.47 Å². The summed E-state index contributed by atoms with van der Waals surface area (Å²) in [5.74, 6) is 0.455. The third-order valence-electron chi connectivity index (χ3n) is 6.02. The van der Waals surface area contributed by atoms with Gasteiger partial charge in [-0.05, 0) is 31.4 Å². The maximum Gasteiger partial charge on any atom is 0.330 e. The lowest BCUT2D eigenvalue weighted by Crippen LogP contribution is -2.48. The summed E-state index contributed by atoms with van der Waals surface area (Å²) in [6, 6.07) is 7.31. The van der Waals surface area contributed by atoms with Crippen molar-refractivity contribution in [2.45, 2.75) is 58.0 Å². The molecule has 1 amide bonds. The van der Waals surface area contributed by atoms with Crippen LogP contribution in [-0.2, 0) is 11.3 Å². The van der Waals surface area contributed by atoms with Gasteiger partial charge >= 0.3 is 5.69 Å². The molecule has 9 nitrogen and oxygen atoms in total. The molecule has 3 N–H and O–H groups in total. The van der Waals surface area contributed by atoms with E-state index in [-0.39, 0.29) is 30.0 Å². The van der Waals surface area contributed by atoms with E-state index >= 15 is 0 Å². The molecule has 0 saturated heterocycles. The number of hydrogen-bond acceptors (Lipinski definition) is 6. The lowest BCUT2D eigenvalue weighted by atomic mass is 10.1. The fourth-order valence-corrected chi connectivity index (χ4v) is 4.33. The van der Waals surface area contributed by atoms with Gasteiger partial charge in [-0.15, -0.1) is 0 Å². The van der Waals surface area contributed by atoms with Gasteiger partial charge in [-0.2, -0.15) is 0 Å². The molecule has 174 valence electrons. The van der Waals surface area contributed by atoms with Gasteiger partial charge in [0.2, 0.25) is 5.91 Å². The van der Waals surface area contributed by atoms with E-state index in [0.717, 1.165) is 44.2 Å². The number of nitrogens with two attached hydrogens (primary N) is 1. The van der Waals surface area contributed by atoms with Crippen LogP contribution in [0.5, 0.6) is 5.75 Å². The molecular formula is C23H33N5O4. The molecule has 1 fully saturated rings. The lowest BCUT2D eigenvalue weighted by Gasteiger charge is -2.32. The summed E-state index contributed by atoms with van der Waals surface area (Å²) < 4.78 is 6.78. The Morgan fingerprint density at radius 3 is 2.59 bits per heavy atom. The predicted molar refractivity (Wildman–Crippen MR) is 127 cm³/mol. The fraction of sp³-hybridized carbons (Fsp3) is 0.522. The Morgan fingerprint density at radius 2 is 1.94 bits per heavy atom. The minimum absolute atomic E-state index is 0.0316. The number of carbonyl (C=O) groups is 1. The summed E-state index contributed by atoms with van der Waals surface area (Å²) in [6.07, 6.45) is 5.14. The lowest BCUT2D eigenvalue weighted by molar-refractivity contribution is -0.117. The average Bonchev–Trinajstić information content (AvgIpc) is 3.30. The summed E-state index contributed by atoms with van der Waals surface area (Å²) in [6.45, 7) is 2.43. The number of unbranched alkanes of at least 4 members (excludes halogenated alkanes) is 1. The normalized spacial score (nSPS) is 13.8. The number of H-pyrrole nitrogens is 1. The van der Waals surface area contributed by atoms with Crippen molar-refractivity contribution in [2.75, 3.05) is 36.2 Å². The molecule has 1 aromatic carbocycles. The number of aromatic amines is 1. The average molecular weight is 444 g/mol. The molecule has 2 aromatic rings. The van der Waals surface area contributed by atoms with Crippen molar-refractivity contribution < 1.29 is 9.53 Å². The van der Waals surface area contributed by atoms with Gasteiger partial charge in [0.15, 0.2) is 5.69 Å². The number of nitrogen functional groups attached to an aromatic ring is 1. The van der Waals surface area contributed by atoms with E-state index in [4.69, 9.17) is 10.5 Å². The van der Waals surface area contributed by atoms with E-state index in [2.05, 4.69) is 4.98 Å². The molecule has 1 saturated carbocycles. The van der Waals surface area contributed by atoms with Gasteiger partial charge in [0, 0.05) is 19.6 Å². The van der Waals surface area contributed by atoms with Crippen molar-refractivity contribution in [3.8, 4) is 5.75 Å². The van der Waals surface area contributed by atoms with E-state index in [9.17, 15) is 14.4 Å². The van der Waals surface area contributed by atoms with Gasteiger partial charge in [-0.3, -0.25) is 24.0 Å². The number of para-hydroxylation sites is 2. The predicted octanol–water partition coefficient (Wildman–Crippen LogP) is 2.34. The Bertz CT molecular complexity index is 1060. The molecule has 0 radical (unpaired) electrons. The first-order valence-electron chi connectivity index (χ1n) is 11.2. The van der Waals surface area contributed by atoms with Crippen LogP contribution in [-0.4, -0.2) is 42.2 Å². The minimum atomic E-state index is -0.625. The third kappa shape index (κ3) is 4.81. The second-order valence-electron chi connectivity index (χ2n) is 8.23. The SMILES string of the molecule is CCCCn1c(N)c(N(C(=O)CN(C)c2ccccc2OC)C2CCCC2)c(=O)[nH]c1=O. The molecule has 9 heteroatoms. The maximum atomic E-state index is 13.6. The number of methoxy groups -OCH3 is 1. The van der Waals surface area contributed by atoms with Crippen molar-refractivity contribution in [3.63, 3.8) is 0 Å². The van der Waals surface area contributed by atoms with E-state index < -0.39 is 11.2 Å². The number of hydrogen-bond donors (Lipinski definition) is 2. The van der Waals surface area contributed by atoms with Crippen LogP contribution in [0.3, 0.4) is 0 Å². The number of likely N-dealkylation sites (N-methyl/N-ethyl adjacent to an activating group) is 1. The quantitative estimate of drug-likeness (QED) is 0.615.